The molecule has 1 saturated heterocycles. The maximum absolute atomic E-state index is 6.37. The maximum atomic E-state index is 6.37. The summed E-state index contributed by atoms with van der Waals surface area (Å²) in [6, 6.07) is 25.9. The molecule has 0 bridgehead atoms. The minimum atomic E-state index is -0.202. The molecular formula is C26H23N3O2S2. The van der Waals surface area contributed by atoms with E-state index in [-0.39, 0.29) is 12.1 Å². The van der Waals surface area contributed by atoms with E-state index < -0.39 is 0 Å². The van der Waals surface area contributed by atoms with Crippen LogP contribution < -0.4 is 15.0 Å². The Hall–Kier alpha value is -3.29. The molecule has 0 radical (unpaired) electrons. The molecular weight excluding hydrogens is 450 g/mol. The smallest absolute Gasteiger partial charge is 0.174 e. The first kappa shape index (κ1) is 21.6. The monoisotopic (exact) mass is 473 g/mol. The van der Waals surface area contributed by atoms with Gasteiger partial charge in [0.25, 0.3) is 0 Å². The van der Waals surface area contributed by atoms with Gasteiger partial charge in [0.1, 0.15) is 17.6 Å². The predicted molar refractivity (Wildman–Crippen MR) is 135 cm³/mol. The van der Waals surface area contributed by atoms with Crippen molar-refractivity contribution in [3.8, 4) is 5.75 Å². The average Bonchev–Trinajstić information content (AvgIpc) is 3.45. The Labute approximate surface area is 202 Å². The van der Waals surface area contributed by atoms with Crippen LogP contribution in [0.5, 0.6) is 5.75 Å². The first-order valence-electron chi connectivity index (χ1n) is 10.6. The Bertz CT molecular complexity index is 1260. The summed E-state index contributed by atoms with van der Waals surface area (Å²) in [4.78, 5) is 7.81. The van der Waals surface area contributed by atoms with Gasteiger partial charge < -0.3 is 19.4 Å². The van der Waals surface area contributed by atoms with Crippen molar-refractivity contribution in [3.63, 3.8) is 0 Å². The van der Waals surface area contributed by atoms with Crippen LogP contribution in [0.15, 0.2) is 99.5 Å². The Balaban J connectivity index is 1.53. The van der Waals surface area contributed by atoms with Crippen LogP contribution in [0.1, 0.15) is 29.1 Å². The first-order chi connectivity index (χ1) is 16.1. The third-order valence-electron chi connectivity index (χ3n) is 5.56. The van der Waals surface area contributed by atoms with Crippen molar-refractivity contribution in [2.45, 2.75) is 29.0 Å². The molecule has 1 fully saturated rings. The second-order valence-corrected chi connectivity index (χ2v) is 9.23. The summed E-state index contributed by atoms with van der Waals surface area (Å²) in [6.07, 6.45) is 1.80. The number of ether oxygens (including phenoxy) is 1. The fraction of sp³-hybridized carbons (Fsp3) is 0.154. The van der Waals surface area contributed by atoms with Crippen molar-refractivity contribution in [2.75, 3.05) is 12.0 Å². The molecule has 7 heteroatoms. The molecule has 33 heavy (non-hydrogen) atoms. The van der Waals surface area contributed by atoms with Crippen LogP contribution in [0.4, 0.5) is 5.69 Å². The van der Waals surface area contributed by atoms with E-state index in [1.807, 2.05) is 54.6 Å². The normalized spacial score (nSPS) is 17.8. The van der Waals surface area contributed by atoms with Gasteiger partial charge in [0, 0.05) is 22.8 Å². The maximum Gasteiger partial charge on any atom is 0.174 e. The second-order valence-electron chi connectivity index (χ2n) is 7.77. The number of anilines is 1. The number of methoxy groups -OCH3 is 1. The van der Waals surface area contributed by atoms with E-state index in [1.165, 1.54) is 5.56 Å². The minimum absolute atomic E-state index is 0.159. The van der Waals surface area contributed by atoms with E-state index in [0.29, 0.717) is 5.11 Å². The number of aromatic nitrogens is 1. The van der Waals surface area contributed by atoms with Gasteiger partial charge in [-0.1, -0.05) is 41.6 Å². The van der Waals surface area contributed by atoms with E-state index in [9.17, 15) is 0 Å². The van der Waals surface area contributed by atoms with Crippen LogP contribution in [0.25, 0.3) is 0 Å². The lowest BCUT2D eigenvalue weighted by atomic mass is 10.0. The fourth-order valence-corrected chi connectivity index (χ4v) is 5.08. The molecule has 0 saturated carbocycles. The Morgan fingerprint density at radius 3 is 2.64 bits per heavy atom. The third kappa shape index (κ3) is 4.47. The van der Waals surface area contributed by atoms with Crippen molar-refractivity contribution in [3.05, 3.63) is 102 Å². The number of rotatable bonds is 6. The van der Waals surface area contributed by atoms with E-state index in [1.54, 1.807) is 25.1 Å². The molecule has 1 N–H and O–H groups in total. The molecule has 3 heterocycles. The summed E-state index contributed by atoms with van der Waals surface area (Å²) in [6.45, 7) is 2.08. The molecule has 166 valence electrons. The van der Waals surface area contributed by atoms with Gasteiger partial charge in [0.2, 0.25) is 0 Å². The number of benzene rings is 2. The number of thiocarbonyl (C=S) groups is 1. The first-order valence-corrected chi connectivity index (χ1v) is 11.8. The predicted octanol–water partition coefficient (Wildman–Crippen LogP) is 6.32. The zero-order valence-corrected chi connectivity index (χ0v) is 19.9. The molecule has 4 aromatic rings. The fourth-order valence-electron chi connectivity index (χ4n) is 3.95. The number of furan rings is 1. The molecule has 1 aliphatic rings. The number of pyridine rings is 1. The van der Waals surface area contributed by atoms with Gasteiger partial charge in [0.15, 0.2) is 10.2 Å². The van der Waals surface area contributed by atoms with Gasteiger partial charge >= 0.3 is 0 Å². The molecule has 0 aliphatic carbocycles. The van der Waals surface area contributed by atoms with E-state index in [0.717, 1.165) is 32.9 Å². The van der Waals surface area contributed by atoms with E-state index >= 15 is 0 Å². The largest absolute Gasteiger partial charge is 0.497 e. The number of nitrogens with zero attached hydrogens (tertiary/aromatic N) is 2. The van der Waals surface area contributed by atoms with Crippen molar-refractivity contribution in [1.29, 1.82) is 0 Å². The lowest BCUT2D eigenvalue weighted by Crippen LogP contribution is -2.29. The molecule has 0 unspecified atom stereocenters. The lowest BCUT2D eigenvalue weighted by Gasteiger charge is -2.26. The van der Waals surface area contributed by atoms with Gasteiger partial charge in [0.05, 0.1) is 18.8 Å². The van der Waals surface area contributed by atoms with Gasteiger partial charge in [-0.3, -0.25) is 4.98 Å². The van der Waals surface area contributed by atoms with Crippen molar-refractivity contribution in [1.82, 2.24) is 10.3 Å². The molecule has 1 aliphatic heterocycles. The molecule has 0 spiro atoms. The number of hydrogen-bond acceptors (Lipinski definition) is 5. The van der Waals surface area contributed by atoms with Crippen LogP contribution in [0.2, 0.25) is 0 Å². The van der Waals surface area contributed by atoms with Crippen LogP contribution in [0, 0.1) is 6.92 Å². The Kier molecular flexibility index (Phi) is 6.07. The Morgan fingerprint density at radius 2 is 1.88 bits per heavy atom. The van der Waals surface area contributed by atoms with Crippen LogP contribution in [0.3, 0.4) is 0 Å². The number of hydrogen-bond donors (Lipinski definition) is 1. The van der Waals surface area contributed by atoms with Gasteiger partial charge in [-0.2, -0.15) is 0 Å². The van der Waals surface area contributed by atoms with Crippen molar-refractivity contribution >= 4 is 34.8 Å². The van der Waals surface area contributed by atoms with Crippen molar-refractivity contribution in [2.24, 2.45) is 0 Å². The molecule has 2 aromatic heterocycles. The van der Waals surface area contributed by atoms with Crippen LogP contribution >= 0.6 is 24.0 Å². The summed E-state index contributed by atoms with van der Waals surface area (Å²) in [5.41, 5.74) is 3.07. The van der Waals surface area contributed by atoms with Gasteiger partial charge in [-0.25, -0.2) is 0 Å². The summed E-state index contributed by atoms with van der Waals surface area (Å²) in [5.74, 6) is 1.58. The standard InChI is InChI=1S/C26H23N3O2S2/c1-17-9-11-20(12-10-17)33-23-14-13-22(31-23)25-24(21-8-3-4-15-27-21)28-26(32)29(25)18-6-5-7-19(16-18)30-2/h3-16,24-25H,1-2H3,(H,28,32)/t24-,25+/m0/s1. The zero-order chi connectivity index (χ0) is 22.8. The highest BCUT2D eigenvalue weighted by molar-refractivity contribution is 7.99. The lowest BCUT2D eigenvalue weighted by molar-refractivity contribution is 0.383. The Morgan fingerprint density at radius 1 is 1.03 bits per heavy atom. The number of aryl methyl sites for hydroxylation is 1. The molecule has 2 aromatic carbocycles. The minimum Gasteiger partial charge on any atom is -0.497 e. The number of nitrogens with one attached hydrogen (secondary N) is 1. The second kappa shape index (κ2) is 9.29. The molecule has 5 nitrogen and oxygen atoms in total. The third-order valence-corrected chi connectivity index (χ3v) is 6.81. The summed E-state index contributed by atoms with van der Waals surface area (Å²) in [7, 11) is 1.66. The molecule has 2 atom stereocenters. The molecule has 0 amide bonds. The molecule has 5 rings (SSSR count). The topological polar surface area (TPSA) is 50.5 Å². The van der Waals surface area contributed by atoms with E-state index in [2.05, 4.69) is 46.4 Å². The summed E-state index contributed by atoms with van der Waals surface area (Å²) < 4.78 is 11.8. The quantitative estimate of drug-likeness (QED) is 0.329. The highest BCUT2D eigenvalue weighted by atomic mass is 32.2. The van der Waals surface area contributed by atoms with Crippen LogP contribution in [-0.2, 0) is 0 Å². The highest BCUT2D eigenvalue weighted by Crippen LogP contribution is 2.43. The summed E-state index contributed by atoms with van der Waals surface area (Å²) >= 11 is 7.38. The van der Waals surface area contributed by atoms with Gasteiger partial charge in [-0.15, -0.1) is 0 Å². The SMILES string of the molecule is COc1cccc(N2C(=S)N[C@@H](c3ccccn3)[C@H]2c2ccc(Sc3ccc(C)cc3)o2)c1. The highest BCUT2D eigenvalue weighted by Gasteiger charge is 2.42. The van der Waals surface area contributed by atoms with Crippen molar-refractivity contribution < 1.29 is 9.15 Å². The van der Waals surface area contributed by atoms with Crippen LogP contribution in [-0.4, -0.2) is 17.2 Å². The summed E-state index contributed by atoms with van der Waals surface area (Å²) in [5, 5.41) is 4.91. The van der Waals surface area contributed by atoms with Gasteiger partial charge in [-0.05, 0) is 67.7 Å². The zero-order valence-electron chi connectivity index (χ0n) is 18.3. The average molecular weight is 474 g/mol. The van der Waals surface area contributed by atoms with E-state index in [4.69, 9.17) is 21.4 Å².